The van der Waals surface area contributed by atoms with Gasteiger partial charge in [0.15, 0.2) is 16.6 Å². The van der Waals surface area contributed by atoms with E-state index in [1.54, 1.807) is 4.57 Å². The van der Waals surface area contributed by atoms with Crippen molar-refractivity contribution in [3.8, 4) is 0 Å². The van der Waals surface area contributed by atoms with Gasteiger partial charge >= 0.3 is 7.60 Å². The first kappa shape index (κ1) is 14.7. The molecule has 0 aromatic carbocycles. The Kier molecular flexibility index (Phi) is 3.62. The summed E-state index contributed by atoms with van der Waals surface area (Å²) >= 11 is 5.93. The Morgan fingerprint density at radius 1 is 1.48 bits per heavy atom. The van der Waals surface area contributed by atoms with E-state index in [-0.39, 0.29) is 17.2 Å². The van der Waals surface area contributed by atoms with Gasteiger partial charge in [0.2, 0.25) is 5.95 Å². The van der Waals surface area contributed by atoms with Crippen LogP contribution in [0.25, 0.3) is 11.2 Å². The molecule has 0 unspecified atom stereocenters. The second kappa shape index (κ2) is 5.19. The zero-order valence-corrected chi connectivity index (χ0v) is 12.4. The number of imidazole rings is 1. The van der Waals surface area contributed by atoms with Gasteiger partial charge in [-0.2, -0.15) is 9.97 Å². The summed E-state index contributed by atoms with van der Waals surface area (Å²) in [4.78, 5) is 30.2. The van der Waals surface area contributed by atoms with E-state index < -0.39 is 13.4 Å². The van der Waals surface area contributed by atoms with Gasteiger partial charge in [0.1, 0.15) is 5.52 Å². The smallest absolute Gasteiger partial charge is 0.354 e. The molecule has 21 heavy (non-hydrogen) atoms. The summed E-state index contributed by atoms with van der Waals surface area (Å²) in [6, 6.07) is 0. The number of nitrogens with two attached hydrogens (primary N) is 1. The van der Waals surface area contributed by atoms with Crippen LogP contribution in [0.15, 0.2) is 6.33 Å². The molecule has 0 radical (unpaired) electrons. The van der Waals surface area contributed by atoms with Crippen LogP contribution in [-0.2, 0) is 15.8 Å². The molecule has 2 aromatic heterocycles. The summed E-state index contributed by atoms with van der Waals surface area (Å²) in [6.45, 7) is 0.361. The number of fused-ring (bicyclic) bond motifs is 1. The van der Waals surface area contributed by atoms with Crippen LogP contribution in [0, 0.1) is 0 Å². The summed E-state index contributed by atoms with van der Waals surface area (Å²) in [7, 11) is -4.22. The maximum Gasteiger partial charge on any atom is 0.354 e. The molecule has 1 saturated heterocycles. The van der Waals surface area contributed by atoms with E-state index in [1.807, 2.05) is 0 Å². The highest BCUT2D eigenvalue weighted by Gasteiger charge is 2.37. The van der Waals surface area contributed by atoms with Crippen molar-refractivity contribution in [2.24, 2.45) is 0 Å². The van der Waals surface area contributed by atoms with Crippen LogP contribution in [-0.4, -0.2) is 41.3 Å². The molecule has 4 N–H and O–H groups in total. The number of anilines is 1. The largest absolute Gasteiger partial charge is 0.368 e. The Labute approximate surface area is 124 Å². The van der Waals surface area contributed by atoms with Gasteiger partial charge < -0.3 is 24.8 Å². The highest BCUT2D eigenvalue weighted by molar-refractivity contribution is 7.52. The van der Waals surface area contributed by atoms with Crippen molar-refractivity contribution < 1.29 is 19.1 Å². The normalized spacial score (nSPS) is 23.0. The molecule has 1 aliphatic heterocycles. The summed E-state index contributed by atoms with van der Waals surface area (Å²) in [5, 5.41) is 0.164. The molecule has 1 aliphatic rings. The van der Waals surface area contributed by atoms with E-state index in [0.717, 1.165) is 0 Å². The molecule has 2 aromatic rings. The molecule has 0 amide bonds. The average Bonchev–Trinajstić information content (AvgIpc) is 2.97. The molecule has 0 bridgehead atoms. The number of nitrogens with zero attached hydrogens (tertiary/aromatic N) is 4. The van der Waals surface area contributed by atoms with Gasteiger partial charge in [-0.25, -0.2) is 4.98 Å². The average molecular weight is 334 g/mol. The van der Waals surface area contributed by atoms with E-state index in [0.29, 0.717) is 30.6 Å². The topological polar surface area (TPSA) is 136 Å². The molecule has 1 fully saturated rings. The molecule has 0 aliphatic carbocycles. The Morgan fingerprint density at radius 2 is 2.24 bits per heavy atom. The van der Waals surface area contributed by atoms with E-state index in [9.17, 15) is 4.57 Å². The van der Waals surface area contributed by atoms with Gasteiger partial charge in [-0.05, 0) is 12.8 Å². The first-order chi connectivity index (χ1) is 9.84. The first-order valence-electron chi connectivity index (χ1n) is 6.19. The van der Waals surface area contributed by atoms with Crippen molar-refractivity contribution in [2.75, 3.05) is 5.73 Å². The van der Waals surface area contributed by atoms with Crippen LogP contribution in [0.2, 0.25) is 5.15 Å². The predicted octanol–water partition coefficient (Wildman–Crippen LogP) is 0.745. The highest BCUT2D eigenvalue weighted by atomic mass is 35.5. The fourth-order valence-corrected chi connectivity index (χ4v) is 3.38. The third kappa shape index (κ3) is 2.88. The van der Waals surface area contributed by atoms with Gasteiger partial charge in [-0.1, -0.05) is 11.6 Å². The van der Waals surface area contributed by atoms with Crippen molar-refractivity contribution in [1.29, 1.82) is 0 Å². The quantitative estimate of drug-likeness (QED) is 0.552. The third-order valence-corrected chi connectivity index (χ3v) is 4.69. The van der Waals surface area contributed by atoms with E-state index in [1.165, 1.54) is 6.33 Å². The lowest BCUT2D eigenvalue weighted by molar-refractivity contribution is 0.0621. The number of ether oxygens (including phenoxy) is 1. The number of hydrogen-bond acceptors (Lipinski definition) is 6. The maximum atomic E-state index is 11.2. The van der Waals surface area contributed by atoms with Crippen molar-refractivity contribution in [3.63, 3.8) is 0 Å². The van der Waals surface area contributed by atoms with Crippen molar-refractivity contribution in [1.82, 2.24) is 19.5 Å². The Balaban J connectivity index is 1.82. The minimum Gasteiger partial charge on any atom is -0.368 e. The van der Waals surface area contributed by atoms with E-state index >= 15 is 0 Å². The monoisotopic (exact) mass is 333 g/mol. The molecule has 9 nitrogen and oxygen atoms in total. The van der Waals surface area contributed by atoms with E-state index in [4.69, 9.17) is 31.9 Å². The Bertz CT molecular complexity index is 732. The molecule has 11 heteroatoms. The Hall–Kier alpha value is -1.25. The molecule has 3 rings (SSSR count). The van der Waals surface area contributed by atoms with Crippen LogP contribution >= 0.6 is 19.2 Å². The molecule has 0 spiro atoms. The number of nitrogen functional groups attached to an aromatic ring is 1. The minimum atomic E-state index is -4.22. The zero-order valence-electron chi connectivity index (χ0n) is 10.8. The Morgan fingerprint density at radius 3 is 2.90 bits per heavy atom. The number of halogens is 1. The summed E-state index contributed by atoms with van der Waals surface area (Å²) in [5.41, 5.74) is 6.45. The lowest BCUT2D eigenvalue weighted by Crippen LogP contribution is -2.17. The number of rotatable bonds is 3. The lowest BCUT2D eigenvalue weighted by atomic mass is 10.2. The second-order valence-electron chi connectivity index (χ2n) is 4.82. The lowest BCUT2D eigenvalue weighted by Gasteiger charge is -2.15. The van der Waals surface area contributed by atoms with Crippen LogP contribution < -0.4 is 5.73 Å². The van der Waals surface area contributed by atoms with Gasteiger partial charge in [0.05, 0.1) is 19.0 Å². The molecule has 0 saturated carbocycles. The van der Waals surface area contributed by atoms with Crippen LogP contribution in [0.5, 0.6) is 0 Å². The summed E-state index contributed by atoms with van der Waals surface area (Å²) in [5.74, 6) is -1.00. The van der Waals surface area contributed by atoms with Gasteiger partial charge in [0.25, 0.3) is 0 Å². The fourth-order valence-electron chi connectivity index (χ4n) is 2.35. The SMILES string of the molecule is Nc1nc(Cl)c2ncn(C[C@H]3CC[C@H](P(=O)(O)O)O3)c2n1. The molecular formula is C10H13ClN5O4P. The number of hydrogen-bond donors (Lipinski definition) is 3. The summed E-state index contributed by atoms with van der Waals surface area (Å²) < 4.78 is 18.3. The van der Waals surface area contributed by atoms with Gasteiger partial charge in [0, 0.05) is 0 Å². The molecule has 2 atom stereocenters. The van der Waals surface area contributed by atoms with Gasteiger partial charge in [-0.3, -0.25) is 4.57 Å². The second-order valence-corrected chi connectivity index (χ2v) is 6.93. The standard InChI is InChI=1S/C10H13ClN5O4P/c11-8-7-9(15-10(12)14-8)16(4-13-7)3-5-1-2-6(20-5)21(17,18)19/h4-6H,1-3H2,(H2,12,14,15)(H2,17,18,19)/t5-,6+/m1/s1. The van der Waals surface area contributed by atoms with Crippen molar-refractivity contribution in [2.45, 2.75) is 31.3 Å². The minimum absolute atomic E-state index is 0.0367. The molecular weight excluding hydrogens is 321 g/mol. The highest BCUT2D eigenvalue weighted by Crippen LogP contribution is 2.48. The first-order valence-corrected chi connectivity index (χ1v) is 8.25. The zero-order chi connectivity index (χ0) is 15.2. The van der Waals surface area contributed by atoms with Crippen molar-refractivity contribution >= 4 is 36.3 Å². The van der Waals surface area contributed by atoms with E-state index in [2.05, 4.69) is 15.0 Å². The summed E-state index contributed by atoms with van der Waals surface area (Å²) in [6.07, 6.45) is 2.07. The third-order valence-electron chi connectivity index (χ3n) is 3.30. The van der Waals surface area contributed by atoms with Gasteiger partial charge in [-0.15, -0.1) is 0 Å². The van der Waals surface area contributed by atoms with Crippen molar-refractivity contribution in [3.05, 3.63) is 11.5 Å². The molecule has 114 valence electrons. The molecule has 3 heterocycles. The number of aromatic nitrogens is 4. The van der Waals surface area contributed by atoms with Crippen LogP contribution in [0.3, 0.4) is 0 Å². The van der Waals surface area contributed by atoms with Crippen LogP contribution in [0.4, 0.5) is 5.95 Å². The van der Waals surface area contributed by atoms with Crippen LogP contribution in [0.1, 0.15) is 12.8 Å². The predicted molar refractivity (Wildman–Crippen MR) is 74.7 cm³/mol. The fraction of sp³-hybridized carbons (Fsp3) is 0.500. The maximum absolute atomic E-state index is 11.2.